The summed E-state index contributed by atoms with van der Waals surface area (Å²) in [6.07, 6.45) is 7.10. The fraction of sp³-hybridized carbons (Fsp3) is 0.381. The van der Waals surface area contributed by atoms with Gasteiger partial charge >= 0.3 is 0 Å². The highest BCUT2D eigenvalue weighted by Crippen LogP contribution is 2.23. The monoisotopic (exact) mass is 312 g/mol. The van der Waals surface area contributed by atoms with Crippen LogP contribution in [0.5, 0.6) is 0 Å². The Morgan fingerprint density at radius 3 is 2.26 bits per heavy atom. The minimum absolute atomic E-state index is 0.973. The van der Waals surface area contributed by atoms with Gasteiger partial charge in [0.15, 0.2) is 0 Å². The molecule has 1 aromatic carbocycles. The summed E-state index contributed by atoms with van der Waals surface area (Å²) in [6.45, 7) is 14.4. The number of allylic oxidation sites excluding steroid dienone is 4. The van der Waals surface area contributed by atoms with Crippen LogP contribution in [0.2, 0.25) is 0 Å². The summed E-state index contributed by atoms with van der Waals surface area (Å²) in [5.41, 5.74) is 4.64. The van der Waals surface area contributed by atoms with Crippen LogP contribution in [0, 0.1) is 0 Å². The van der Waals surface area contributed by atoms with Crippen molar-refractivity contribution >= 4 is 16.6 Å². The lowest BCUT2D eigenvalue weighted by molar-refractivity contribution is 1.10. The lowest BCUT2D eigenvalue weighted by Crippen LogP contribution is -1.99. The third kappa shape index (κ3) is 7.14. The molecule has 2 aromatic rings. The van der Waals surface area contributed by atoms with Crippen molar-refractivity contribution in [2.75, 3.05) is 5.32 Å². The minimum Gasteiger partial charge on any atom is -0.358 e. The van der Waals surface area contributed by atoms with E-state index in [1.54, 1.807) is 0 Å². The zero-order valence-corrected chi connectivity index (χ0v) is 15.8. The highest BCUT2D eigenvalue weighted by molar-refractivity contribution is 5.91. The second-order valence-electron chi connectivity index (χ2n) is 4.79. The minimum atomic E-state index is 0.973. The molecule has 1 heterocycles. The molecular weight excluding hydrogens is 280 g/mol. The van der Waals surface area contributed by atoms with Crippen molar-refractivity contribution < 1.29 is 0 Å². The Morgan fingerprint density at radius 2 is 1.65 bits per heavy atom. The van der Waals surface area contributed by atoms with Crippen LogP contribution in [0.4, 0.5) is 5.69 Å². The van der Waals surface area contributed by atoms with Crippen LogP contribution in [0.25, 0.3) is 10.9 Å². The van der Waals surface area contributed by atoms with Crippen LogP contribution in [0.15, 0.2) is 60.0 Å². The molecule has 2 nitrogen and oxygen atoms in total. The van der Waals surface area contributed by atoms with E-state index >= 15 is 0 Å². The van der Waals surface area contributed by atoms with Crippen molar-refractivity contribution in [3.05, 3.63) is 60.0 Å². The standard InChI is InChI=1S/C17H20N2.2C2H6/c1-4-14(10-9-13(2)3)19-17-11-12-18-16-8-6-5-7-15(16)17;2*1-2/h5-12H,4H2,1-3H3,(H,18,19);2*1-2H3/b14-10+;;. The molecule has 0 aliphatic carbocycles. The largest absolute Gasteiger partial charge is 0.358 e. The Hall–Kier alpha value is -2.09. The van der Waals surface area contributed by atoms with Gasteiger partial charge in [0, 0.05) is 23.0 Å². The molecule has 0 atom stereocenters. The number of nitrogens with one attached hydrogen (secondary N) is 1. The maximum atomic E-state index is 4.38. The summed E-state index contributed by atoms with van der Waals surface area (Å²) in [6, 6.07) is 10.2. The van der Waals surface area contributed by atoms with Gasteiger partial charge in [0.25, 0.3) is 0 Å². The van der Waals surface area contributed by atoms with Crippen molar-refractivity contribution in [2.24, 2.45) is 0 Å². The van der Waals surface area contributed by atoms with Gasteiger partial charge in [-0.3, -0.25) is 4.98 Å². The number of rotatable bonds is 4. The van der Waals surface area contributed by atoms with E-state index in [0.717, 1.165) is 23.0 Å². The molecule has 0 fully saturated rings. The molecule has 23 heavy (non-hydrogen) atoms. The van der Waals surface area contributed by atoms with E-state index in [2.05, 4.69) is 49.3 Å². The van der Waals surface area contributed by atoms with E-state index in [4.69, 9.17) is 0 Å². The Balaban J connectivity index is 0.00000112. The Labute approximate surface area is 142 Å². The number of aromatic nitrogens is 1. The molecule has 0 saturated carbocycles. The zero-order chi connectivity index (χ0) is 17.7. The lowest BCUT2D eigenvalue weighted by atomic mass is 10.1. The lowest BCUT2D eigenvalue weighted by Gasteiger charge is -2.11. The van der Waals surface area contributed by atoms with Crippen molar-refractivity contribution in [2.45, 2.75) is 54.9 Å². The fourth-order valence-corrected chi connectivity index (χ4v) is 1.89. The van der Waals surface area contributed by atoms with Gasteiger partial charge < -0.3 is 5.32 Å². The second-order valence-corrected chi connectivity index (χ2v) is 4.79. The number of para-hydroxylation sites is 1. The number of nitrogens with zero attached hydrogens (tertiary/aromatic N) is 1. The molecular formula is C21H32N2. The first kappa shape index (κ1) is 20.9. The Bertz CT molecular complexity index is 615. The quantitative estimate of drug-likeness (QED) is 0.617. The van der Waals surface area contributed by atoms with Crippen molar-refractivity contribution in [1.82, 2.24) is 4.98 Å². The number of pyridine rings is 1. The van der Waals surface area contributed by atoms with Gasteiger partial charge in [-0.2, -0.15) is 0 Å². The summed E-state index contributed by atoms with van der Waals surface area (Å²) in [5, 5.41) is 4.66. The van der Waals surface area contributed by atoms with Gasteiger partial charge in [-0.1, -0.05) is 64.5 Å². The van der Waals surface area contributed by atoms with Gasteiger partial charge in [-0.15, -0.1) is 0 Å². The smallest absolute Gasteiger partial charge is 0.0722 e. The third-order valence-corrected chi connectivity index (χ3v) is 2.94. The van der Waals surface area contributed by atoms with E-state index in [-0.39, 0.29) is 0 Å². The van der Waals surface area contributed by atoms with Gasteiger partial charge in [-0.05, 0) is 38.5 Å². The van der Waals surface area contributed by atoms with Crippen LogP contribution < -0.4 is 5.32 Å². The molecule has 0 aliphatic rings. The van der Waals surface area contributed by atoms with E-state index in [0.29, 0.717) is 0 Å². The number of fused-ring (bicyclic) bond motifs is 1. The van der Waals surface area contributed by atoms with Gasteiger partial charge in [0.05, 0.1) is 5.52 Å². The SMILES string of the molecule is CC.CC.CC/C(=C\C=C(C)C)Nc1ccnc2ccccc12. The summed E-state index contributed by atoms with van der Waals surface area (Å²) in [5.74, 6) is 0. The first-order valence-corrected chi connectivity index (χ1v) is 8.65. The van der Waals surface area contributed by atoms with Crippen LogP contribution in [0.1, 0.15) is 54.9 Å². The van der Waals surface area contributed by atoms with Crippen LogP contribution >= 0.6 is 0 Å². The van der Waals surface area contributed by atoms with E-state index in [1.165, 1.54) is 11.3 Å². The maximum Gasteiger partial charge on any atom is 0.0722 e. The number of hydrogen-bond acceptors (Lipinski definition) is 2. The number of benzene rings is 1. The molecule has 0 bridgehead atoms. The Morgan fingerprint density at radius 1 is 1.00 bits per heavy atom. The highest BCUT2D eigenvalue weighted by atomic mass is 14.9. The molecule has 1 N–H and O–H groups in total. The highest BCUT2D eigenvalue weighted by Gasteiger charge is 2.01. The molecule has 126 valence electrons. The zero-order valence-electron chi connectivity index (χ0n) is 15.8. The number of hydrogen-bond donors (Lipinski definition) is 1. The topological polar surface area (TPSA) is 24.9 Å². The number of anilines is 1. The van der Waals surface area contributed by atoms with Gasteiger partial charge in [-0.25, -0.2) is 0 Å². The molecule has 0 amide bonds. The van der Waals surface area contributed by atoms with Crippen LogP contribution in [-0.4, -0.2) is 4.98 Å². The third-order valence-electron chi connectivity index (χ3n) is 2.94. The Kier molecular flexibility index (Phi) is 11.3. The predicted octanol–water partition coefficient (Wildman–Crippen LogP) is 6.96. The summed E-state index contributed by atoms with van der Waals surface area (Å²) >= 11 is 0. The first-order chi connectivity index (χ1) is 11.2. The predicted molar refractivity (Wildman–Crippen MR) is 106 cm³/mol. The average Bonchev–Trinajstić information content (AvgIpc) is 2.62. The second kappa shape index (κ2) is 12.5. The molecule has 0 saturated heterocycles. The van der Waals surface area contributed by atoms with Crippen molar-refractivity contribution in [1.29, 1.82) is 0 Å². The molecule has 1 aromatic heterocycles. The molecule has 2 rings (SSSR count). The van der Waals surface area contributed by atoms with Gasteiger partial charge in [0.1, 0.15) is 0 Å². The molecule has 2 heteroatoms. The van der Waals surface area contributed by atoms with E-state index in [9.17, 15) is 0 Å². The molecule has 0 aliphatic heterocycles. The van der Waals surface area contributed by atoms with E-state index in [1.807, 2.05) is 58.2 Å². The summed E-state index contributed by atoms with van der Waals surface area (Å²) < 4.78 is 0. The maximum absolute atomic E-state index is 4.38. The van der Waals surface area contributed by atoms with Crippen LogP contribution in [0.3, 0.4) is 0 Å². The molecule has 0 unspecified atom stereocenters. The normalized spacial score (nSPS) is 9.96. The summed E-state index contributed by atoms with van der Waals surface area (Å²) in [7, 11) is 0. The molecule has 0 radical (unpaired) electrons. The van der Waals surface area contributed by atoms with Crippen molar-refractivity contribution in [3.8, 4) is 0 Å². The fourth-order valence-electron chi connectivity index (χ4n) is 1.89. The van der Waals surface area contributed by atoms with Crippen molar-refractivity contribution in [3.63, 3.8) is 0 Å². The van der Waals surface area contributed by atoms with Crippen LogP contribution in [-0.2, 0) is 0 Å². The first-order valence-electron chi connectivity index (χ1n) is 8.65. The van der Waals surface area contributed by atoms with E-state index < -0.39 is 0 Å². The summed E-state index contributed by atoms with van der Waals surface area (Å²) in [4.78, 5) is 4.38. The molecule has 0 spiro atoms. The van der Waals surface area contributed by atoms with Gasteiger partial charge in [0.2, 0.25) is 0 Å². The average molecular weight is 313 g/mol.